The van der Waals surface area contributed by atoms with E-state index in [9.17, 15) is 14.0 Å². The number of anilines is 2. The van der Waals surface area contributed by atoms with Gasteiger partial charge in [-0.25, -0.2) is 9.07 Å². The molecule has 1 aromatic heterocycles. The SMILES string of the molecule is CN1C(=O)C2(CC(=O)Nc3c2cnn3-c2ccccc2)c2ccc(F)cc21. The Balaban J connectivity index is 1.79. The van der Waals surface area contributed by atoms with Crippen LogP contribution in [0.4, 0.5) is 15.9 Å². The summed E-state index contributed by atoms with van der Waals surface area (Å²) in [5, 5.41) is 7.28. The van der Waals surface area contributed by atoms with Crippen LogP contribution < -0.4 is 10.2 Å². The Morgan fingerprint density at radius 3 is 2.67 bits per heavy atom. The zero-order chi connectivity index (χ0) is 18.8. The molecule has 1 N–H and O–H groups in total. The van der Waals surface area contributed by atoms with Gasteiger partial charge in [-0.1, -0.05) is 24.3 Å². The van der Waals surface area contributed by atoms with Crippen molar-refractivity contribution in [3.05, 3.63) is 71.7 Å². The van der Waals surface area contributed by atoms with Gasteiger partial charge in [0.25, 0.3) is 0 Å². The third-order valence-electron chi connectivity index (χ3n) is 5.36. The van der Waals surface area contributed by atoms with Gasteiger partial charge in [0.1, 0.15) is 17.1 Å². The van der Waals surface area contributed by atoms with Crippen LogP contribution in [0.3, 0.4) is 0 Å². The average Bonchev–Trinajstić information content (AvgIpc) is 3.17. The number of para-hydroxylation sites is 1. The lowest BCUT2D eigenvalue weighted by molar-refractivity contribution is -0.126. The molecule has 3 aromatic rings. The summed E-state index contributed by atoms with van der Waals surface area (Å²) >= 11 is 0. The summed E-state index contributed by atoms with van der Waals surface area (Å²) in [7, 11) is 1.60. The molecule has 0 radical (unpaired) electrons. The van der Waals surface area contributed by atoms with Gasteiger partial charge in [-0.05, 0) is 29.8 Å². The maximum Gasteiger partial charge on any atom is 0.242 e. The van der Waals surface area contributed by atoms with Crippen LogP contribution >= 0.6 is 0 Å². The molecule has 1 spiro atoms. The van der Waals surface area contributed by atoms with E-state index in [2.05, 4.69) is 10.4 Å². The van der Waals surface area contributed by atoms with Gasteiger partial charge in [-0.3, -0.25) is 9.59 Å². The van der Waals surface area contributed by atoms with Crippen molar-refractivity contribution in [2.45, 2.75) is 11.8 Å². The highest BCUT2D eigenvalue weighted by molar-refractivity contribution is 6.15. The first-order valence-electron chi connectivity index (χ1n) is 8.54. The van der Waals surface area contributed by atoms with E-state index in [1.54, 1.807) is 24.0 Å². The van der Waals surface area contributed by atoms with Crippen molar-refractivity contribution < 1.29 is 14.0 Å². The molecular weight excluding hydrogens is 347 g/mol. The maximum atomic E-state index is 13.8. The fourth-order valence-corrected chi connectivity index (χ4v) is 4.14. The highest BCUT2D eigenvalue weighted by Gasteiger charge is 2.56. The van der Waals surface area contributed by atoms with Crippen molar-refractivity contribution in [3.8, 4) is 5.69 Å². The van der Waals surface area contributed by atoms with Gasteiger partial charge in [0.2, 0.25) is 11.8 Å². The van der Waals surface area contributed by atoms with Gasteiger partial charge in [-0.2, -0.15) is 5.10 Å². The second kappa shape index (κ2) is 5.26. The lowest BCUT2D eigenvalue weighted by Gasteiger charge is -2.32. The van der Waals surface area contributed by atoms with E-state index in [1.165, 1.54) is 17.0 Å². The first-order valence-corrected chi connectivity index (χ1v) is 8.54. The average molecular weight is 362 g/mol. The Morgan fingerprint density at radius 1 is 1.11 bits per heavy atom. The number of carbonyl (C=O) groups excluding carboxylic acids is 2. The molecule has 0 bridgehead atoms. The number of aromatic nitrogens is 2. The topological polar surface area (TPSA) is 67.2 Å². The molecule has 0 saturated carbocycles. The number of hydrogen-bond acceptors (Lipinski definition) is 3. The standard InChI is InChI=1S/C20H15FN4O2/c1-24-16-9-12(21)7-8-14(16)20(19(24)27)10-17(26)23-18-15(20)11-22-25(18)13-5-3-2-4-6-13/h2-9,11H,10H2,1H3,(H,23,26). The van der Waals surface area contributed by atoms with Gasteiger partial charge in [0.15, 0.2) is 0 Å². The van der Waals surface area contributed by atoms with Gasteiger partial charge in [-0.15, -0.1) is 0 Å². The minimum atomic E-state index is -1.19. The molecule has 1 unspecified atom stereocenters. The van der Waals surface area contributed by atoms with Crippen LogP contribution in [-0.2, 0) is 15.0 Å². The van der Waals surface area contributed by atoms with E-state index in [0.29, 0.717) is 22.6 Å². The molecule has 134 valence electrons. The molecule has 2 aliphatic heterocycles. The zero-order valence-electron chi connectivity index (χ0n) is 14.4. The number of hydrogen-bond donors (Lipinski definition) is 1. The number of carbonyl (C=O) groups is 2. The second-order valence-corrected chi connectivity index (χ2v) is 6.81. The Morgan fingerprint density at radius 2 is 1.89 bits per heavy atom. The first kappa shape index (κ1) is 15.7. The van der Waals surface area contributed by atoms with E-state index in [0.717, 1.165) is 5.69 Å². The summed E-state index contributed by atoms with van der Waals surface area (Å²) in [6.45, 7) is 0. The number of halogens is 1. The number of nitrogens with zero attached hydrogens (tertiary/aromatic N) is 3. The van der Waals surface area contributed by atoms with Crippen LogP contribution in [0, 0.1) is 5.82 Å². The van der Waals surface area contributed by atoms with Gasteiger partial charge in [0.05, 0.1) is 17.6 Å². The van der Waals surface area contributed by atoms with E-state index in [1.807, 2.05) is 30.3 Å². The van der Waals surface area contributed by atoms with Crippen molar-refractivity contribution in [3.63, 3.8) is 0 Å². The van der Waals surface area contributed by atoms with Gasteiger partial charge in [0, 0.05) is 19.0 Å². The van der Waals surface area contributed by atoms with Gasteiger partial charge < -0.3 is 10.2 Å². The highest BCUT2D eigenvalue weighted by atomic mass is 19.1. The second-order valence-electron chi connectivity index (χ2n) is 6.81. The predicted octanol–water partition coefficient (Wildman–Crippen LogP) is 2.62. The predicted molar refractivity (Wildman–Crippen MR) is 97.4 cm³/mol. The minimum absolute atomic E-state index is 0.0394. The molecule has 0 aliphatic carbocycles. The zero-order valence-corrected chi connectivity index (χ0v) is 14.4. The molecule has 0 fully saturated rings. The molecule has 2 amide bonds. The summed E-state index contributed by atoms with van der Waals surface area (Å²) in [4.78, 5) is 27.3. The lowest BCUT2D eigenvalue weighted by atomic mass is 9.72. The number of benzene rings is 2. The van der Waals surface area contributed by atoms with Crippen molar-refractivity contribution >= 4 is 23.3 Å². The summed E-state index contributed by atoms with van der Waals surface area (Å²) in [5.74, 6) is -0.492. The number of rotatable bonds is 1. The molecule has 0 saturated heterocycles. The molecule has 27 heavy (non-hydrogen) atoms. The molecule has 2 aliphatic rings. The number of fused-ring (bicyclic) bond motifs is 4. The quantitative estimate of drug-likeness (QED) is 0.724. The molecule has 5 rings (SSSR count). The van der Waals surface area contributed by atoms with Crippen LogP contribution in [0.25, 0.3) is 5.69 Å². The third kappa shape index (κ3) is 1.96. The first-order chi connectivity index (χ1) is 13.0. The van der Waals surface area contributed by atoms with Crippen molar-refractivity contribution in [2.24, 2.45) is 0 Å². The third-order valence-corrected chi connectivity index (χ3v) is 5.36. The Bertz CT molecular complexity index is 1110. The van der Waals surface area contributed by atoms with Crippen LogP contribution in [0.2, 0.25) is 0 Å². The van der Waals surface area contributed by atoms with Crippen LogP contribution in [0.1, 0.15) is 17.5 Å². The Kier molecular flexibility index (Phi) is 3.07. The van der Waals surface area contributed by atoms with Crippen molar-refractivity contribution in [1.29, 1.82) is 0 Å². The summed E-state index contributed by atoms with van der Waals surface area (Å²) in [6, 6.07) is 13.6. The van der Waals surface area contributed by atoms with Crippen LogP contribution in [-0.4, -0.2) is 28.6 Å². The molecule has 6 nitrogen and oxygen atoms in total. The Hall–Kier alpha value is -3.48. The summed E-state index contributed by atoms with van der Waals surface area (Å²) < 4.78 is 15.4. The monoisotopic (exact) mass is 362 g/mol. The Labute approximate surface area is 154 Å². The number of nitrogens with one attached hydrogen (secondary N) is 1. The molecule has 1 atom stereocenters. The largest absolute Gasteiger partial charge is 0.314 e. The van der Waals surface area contributed by atoms with E-state index >= 15 is 0 Å². The van der Waals surface area contributed by atoms with E-state index < -0.39 is 11.2 Å². The normalized spacial score (nSPS) is 20.6. The van der Waals surface area contributed by atoms with Crippen LogP contribution in [0.5, 0.6) is 0 Å². The maximum absolute atomic E-state index is 13.8. The molecular formula is C20H15FN4O2. The van der Waals surface area contributed by atoms with E-state index in [4.69, 9.17) is 0 Å². The van der Waals surface area contributed by atoms with Crippen LogP contribution in [0.15, 0.2) is 54.7 Å². The molecule has 7 heteroatoms. The number of amides is 2. The smallest absolute Gasteiger partial charge is 0.242 e. The minimum Gasteiger partial charge on any atom is -0.314 e. The fraction of sp³-hybridized carbons (Fsp3) is 0.150. The van der Waals surface area contributed by atoms with Crippen molar-refractivity contribution in [2.75, 3.05) is 17.3 Å². The van der Waals surface area contributed by atoms with Gasteiger partial charge >= 0.3 is 0 Å². The number of likely N-dealkylation sites (N-methyl/N-ethyl adjacent to an activating group) is 1. The molecule has 2 aromatic carbocycles. The molecule has 3 heterocycles. The van der Waals surface area contributed by atoms with E-state index in [-0.39, 0.29) is 18.2 Å². The van der Waals surface area contributed by atoms with Crippen molar-refractivity contribution in [1.82, 2.24) is 9.78 Å². The summed E-state index contributed by atoms with van der Waals surface area (Å²) in [6.07, 6.45) is 1.58. The fourth-order valence-electron chi connectivity index (χ4n) is 4.14. The lowest BCUT2D eigenvalue weighted by Crippen LogP contribution is -2.45. The summed E-state index contributed by atoms with van der Waals surface area (Å²) in [5.41, 5.74) is 1.30. The highest BCUT2D eigenvalue weighted by Crippen LogP contribution is 2.52.